The van der Waals surface area contributed by atoms with Crippen molar-refractivity contribution in [2.75, 3.05) is 6.54 Å². The van der Waals surface area contributed by atoms with Gasteiger partial charge in [0, 0.05) is 19.4 Å². The molecule has 0 spiro atoms. The fourth-order valence-electron chi connectivity index (χ4n) is 1.23. The van der Waals surface area contributed by atoms with Gasteiger partial charge in [0.1, 0.15) is 6.23 Å². The van der Waals surface area contributed by atoms with Crippen molar-refractivity contribution in [3.63, 3.8) is 0 Å². The molecule has 1 N–H and O–H groups in total. The van der Waals surface area contributed by atoms with E-state index in [9.17, 15) is 9.90 Å². The highest BCUT2D eigenvalue weighted by molar-refractivity contribution is 5.78. The van der Waals surface area contributed by atoms with E-state index in [1.165, 1.54) is 0 Å². The molecule has 0 aromatic carbocycles. The SMILES string of the molecule is CCCN1C(=O)CC[C@H]1O. The number of carbonyl (C=O) groups excluding carboxylic acids is 1. The van der Waals surface area contributed by atoms with Crippen molar-refractivity contribution in [2.24, 2.45) is 0 Å². The quantitative estimate of drug-likeness (QED) is 0.605. The van der Waals surface area contributed by atoms with Crippen LogP contribution < -0.4 is 0 Å². The molecular weight excluding hydrogens is 130 g/mol. The molecule has 3 heteroatoms. The molecule has 1 heterocycles. The summed E-state index contributed by atoms with van der Waals surface area (Å²) in [6.07, 6.45) is 1.54. The smallest absolute Gasteiger partial charge is 0.224 e. The Bertz CT molecular complexity index is 136. The van der Waals surface area contributed by atoms with Gasteiger partial charge < -0.3 is 10.0 Å². The summed E-state index contributed by atoms with van der Waals surface area (Å²) in [5.41, 5.74) is 0. The van der Waals surface area contributed by atoms with Gasteiger partial charge in [-0.05, 0) is 6.42 Å². The predicted molar refractivity (Wildman–Crippen MR) is 37.2 cm³/mol. The molecular formula is C7H13NO2. The van der Waals surface area contributed by atoms with Crippen LogP contribution in [0, 0.1) is 0 Å². The minimum absolute atomic E-state index is 0.0920. The van der Waals surface area contributed by atoms with Crippen LogP contribution in [0.15, 0.2) is 0 Å². The first-order valence-corrected chi connectivity index (χ1v) is 3.73. The Morgan fingerprint density at radius 3 is 2.90 bits per heavy atom. The summed E-state index contributed by atoms with van der Waals surface area (Å²) < 4.78 is 0. The molecule has 1 aliphatic rings. The first kappa shape index (κ1) is 7.54. The molecule has 0 saturated carbocycles. The van der Waals surface area contributed by atoms with E-state index in [0.29, 0.717) is 19.4 Å². The van der Waals surface area contributed by atoms with Crippen molar-refractivity contribution in [2.45, 2.75) is 32.4 Å². The van der Waals surface area contributed by atoms with Crippen molar-refractivity contribution in [3.05, 3.63) is 0 Å². The van der Waals surface area contributed by atoms with Crippen LogP contribution in [-0.4, -0.2) is 28.7 Å². The van der Waals surface area contributed by atoms with Crippen LogP contribution in [0.5, 0.6) is 0 Å². The standard InChI is InChI=1S/C7H13NO2/c1-2-5-8-6(9)3-4-7(8)10/h6,9H,2-5H2,1H3/t6-/m1/s1. The highest BCUT2D eigenvalue weighted by Gasteiger charge is 2.27. The van der Waals surface area contributed by atoms with E-state index in [4.69, 9.17) is 0 Å². The number of hydrogen-bond donors (Lipinski definition) is 1. The Morgan fingerprint density at radius 1 is 1.80 bits per heavy atom. The summed E-state index contributed by atoms with van der Waals surface area (Å²) in [6, 6.07) is 0. The van der Waals surface area contributed by atoms with Crippen LogP contribution in [0.3, 0.4) is 0 Å². The summed E-state index contributed by atoms with van der Waals surface area (Å²) in [5.74, 6) is 0.0920. The maximum Gasteiger partial charge on any atom is 0.224 e. The molecule has 1 aliphatic heterocycles. The van der Waals surface area contributed by atoms with Gasteiger partial charge in [0.25, 0.3) is 0 Å². The molecule has 0 radical (unpaired) electrons. The molecule has 0 bridgehead atoms. The van der Waals surface area contributed by atoms with Crippen LogP contribution in [0.4, 0.5) is 0 Å². The van der Waals surface area contributed by atoms with E-state index in [1.54, 1.807) is 4.90 Å². The van der Waals surface area contributed by atoms with Crippen LogP contribution in [0.25, 0.3) is 0 Å². The number of carbonyl (C=O) groups is 1. The Hall–Kier alpha value is -0.570. The molecule has 3 nitrogen and oxygen atoms in total. The molecule has 58 valence electrons. The minimum atomic E-state index is -0.507. The predicted octanol–water partition coefficient (Wildman–Crippen LogP) is 0.337. The van der Waals surface area contributed by atoms with Crippen LogP contribution in [0.1, 0.15) is 26.2 Å². The third kappa shape index (κ3) is 1.29. The number of aliphatic hydroxyl groups excluding tert-OH is 1. The van der Waals surface area contributed by atoms with Crippen molar-refractivity contribution in [1.29, 1.82) is 0 Å². The molecule has 1 fully saturated rings. The van der Waals surface area contributed by atoms with Gasteiger partial charge in [-0.25, -0.2) is 0 Å². The summed E-state index contributed by atoms with van der Waals surface area (Å²) >= 11 is 0. The van der Waals surface area contributed by atoms with Gasteiger partial charge in [0.05, 0.1) is 0 Å². The maximum atomic E-state index is 10.9. The number of hydrogen-bond acceptors (Lipinski definition) is 2. The molecule has 1 atom stereocenters. The van der Waals surface area contributed by atoms with Crippen molar-refractivity contribution >= 4 is 5.91 Å². The Labute approximate surface area is 60.6 Å². The van der Waals surface area contributed by atoms with Crippen molar-refractivity contribution in [3.8, 4) is 0 Å². The van der Waals surface area contributed by atoms with E-state index in [-0.39, 0.29) is 5.91 Å². The Balaban J connectivity index is 2.46. The first-order valence-electron chi connectivity index (χ1n) is 3.73. The van der Waals surface area contributed by atoms with Crippen LogP contribution in [-0.2, 0) is 4.79 Å². The second-order valence-corrected chi connectivity index (χ2v) is 2.61. The number of nitrogens with zero attached hydrogens (tertiary/aromatic N) is 1. The highest BCUT2D eigenvalue weighted by Crippen LogP contribution is 2.15. The second kappa shape index (κ2) is 3.01. The van der Waals surface area contributed by atoms with Crippen molar-refractivity contribution in [1.82, 2.24) is 4.90 Å². The third-order valence-corrected chi connectivity index (χ3v) is 1.76. The van der Waals surface area contributed by atoms with Crippen LogP contribution >= 0.6 is 0 Å². The lowest BCUT2D eigenvalue weighted by Crippen LogP contribution is -2.33. The molecule has 0 aromatic rings. The lowest BCUT2D eigenvalue weighted by atomic mass is 10.4. The van der Waals surface area contributed by atoms with E-state index in [0.717, 1.165) is 6.42 Å². The highest BCUT2D eigenvalue weighted by atomic mass is 16.3. The lowest BCUT2D eigenvalue weighted by Gasteiger charge is -2.18. The number of likely N-dealkylation sites (tertiary alicyclic amines) is 1. The van der Waals surface area contributed by atoms with E-state index in [2.05, 4.69) is 0 Å². The second-order valence-electron chi connectivity index (χ2n) is 2.61. The average molecular weight is 143 g/mol. The van der Waals surface area contributed by atoms with Crippen molar-refractivity contribution < 1.29 is 9.90 Å². The van der Waals surface area contributed by atoms with E-state index in [1.807, 2.05) is 6.92 Å². The topological polar surface area (TPSA) is 40.5 Å². The average Bonchev–Trinajstić information content (AvgIpc) is 2.20. The molecule has 10 heavy (non-hydrogen) atoms. The van der Waals surface area contributed by atoms with Gasteiger partial charge in [-0.3, -0.25) is 4.79 Å². The third-order valence-electron chi connectivity index (χ3n) is 1.76. The Kier molecular flexibility index (Phi) is 2.27. The fourth-order valence-corrected chi connectivity index (χ4v) is 1.23. The summed E-state index contributed by atoms with van der Waals surface area (Å²) in [7, 11) is 0. The van der Waals surface area contributed by atoms with Gasteiger partial charge in [-0.1, -0.05) is 6.92 Å². The minimum Gasteiger partial charge on any atom is -0.374 e. The van der Waals surface area contributed by atoms with Gasteiger partial charge in [-0.2, -0.15) is 0 Å². The number of amides is 1. The van der Waals surface area contributed by atoms with E-state index < -0.39 is 6.23 Å². The Morgan fingerprint density at radius 2 is 2.50 bits per heavy atom. The number of aliphatic hydroxyl groups is 1. The zero-order valence-corrected chi connectivity index (χ0v) is 6.21. The summed E-state index contributed by atoms with van der Waals surface area (Å²) in [4.78, 5) is 12.5. The zero-order valence-electron chi connectivity index (χ0n) is 6.21. The molecule has 0 aromatic heterocycles. The molecule has 1 saturated heterocycles. The normalized spacial score (nSPS) is 26.0. The summed E-state index contributed by atoms with van der Waals surface area (Å²) in [6.45, 7) is 2.69. The fraction of sp³-hybridized carbons (Fsp3) is 0.857. The van der Waals surface area contributed by atoms with Gasteiger partial charge >= 0.3 is 0 Å². The molecule has 1 rings (SSSR count). The lowest BCUT2D eigenvalue weighted by molar-refractivity contribution is -0.133. The maximum absolute atomic E-state index is 10.9. The van der Waals surface area contributed by atoms with Crippen LogP contribution in [0.2, 0.25) is 0 Å². The molecule has 0 aliphatic carbocycles. The largest absolute Gasteiger partial charge is 0.374 e. The van der Waals surface area contributed by atoms with E-state index >= 15 is 0 Å². The summed E-state index contributed by atoms with van der Waals surface area (Å²) in [5, 5.41) is 9.20. The molecule has 1 amide bonds. The first-order chi connectivity index (χ1) is 4.75. The monoisotopic (exact) mass is 143 g/mol. The molecule has 0 unspecified atom stereocenters. The van der Waals surface area contributed by atoms with Gasteiger partial charge in [-0.15, -0.1) is 0 Å². The van der Waals surface area contributed by atoms with Gasteiger partial charge in [0.2, 0.25) is 5.91 Å². The zero-order chi connectivity index (χ0) is 7.56. The van der Waals surface area contributed by atoms with Gasteiger partial charge in [0.15, 0.2) is 0 Å². The number of rotatable bonds is 2.